The Balaban J connectivity index is 0.000000770. The molecule has 0 radical (unpaired) electrons. The molecule has 0 saturated carbocycles. The van der Waals surface area contributed by atoms with Crippen LogP contribution in [0.4, 0.5) is 4.79 Å². The Bertz CT molecular complexity index is 242. The lowest BCUT2D eigenvalue weighted by Gasteiger charge is -2.20. The van der Waals surface area contributed by atoms with Gasteiger partial charge in [0.25, 0.3) is 0 Å². The van der Waals surface area contributed by atoms with Gasteiger partial charge in [-0.15, -0.1) is 0 Å². The number of alkyl carbamates (subject to hydrolysis) is 1. The summed E-state index contributed by atoms with van der Waals surface area (Å²) in [5, 5.41) is 2.62. The molecule has 1 amide bonds. The second-order valence-corrected chi connectivity index (χ2v) is 4.46. The maximum Gasteiger partial charge on any atom is 0.407 e. The third kappa shape index (κ3) is 6.87. The molecule has 0 aromatic rings. The molecule has 1 unspecified atom stereocenters. The Kier molecular flexibility index (Phi) is 8.28. The van der Waals surface area contributed by atoms with Gasteiger partial charge in [0.05, 0.1) is 13.7 Å². The van der Waals surface area contributed by atoms with Gasteiger partial charge in [-0.2, -0.15) is 0 Å². The zero-order chi connectivity index (χ0) is 13.3. The molecule has 0 aliphatic carbocycles. The van der Waals surface area contributed by atoms with Crippen LogP contribution in [0.25, 0.3) is 0 Å². The van der Waals surface area contributed by atoms with E-state index >= 15 is 0 Å². The summed E-state index contributed by atoms with van der Waals surface area (Å²) in [6, 6.07) is 0. The molecule has 0 aromatic carbocycles. The Labute approximate surface area is 105 Å². The monoisotopic (exact) mass is 242 g/mol. The topological polar surface area (TPSA) is 41.6 Å². The molecule has 0 spiro atoms. The Morgan fingerprint density at radius 3 is 2.53 bits per heavy atom. The molecule has 1 rings (SSSR count). The summed E-state index contributed by atoms with van der Waals surface area (Å²) >= 11 is 0. The van der Waals surface area contributed by atoms with Gasteiger partial charge in [-0.3, -0.25) is 0 Å². The van der Waals surface area contributed by atoms with Crippen LogP contribution in [0.5, 0.6) is 0 Å². The highest BCUT2D eigenvalue weighted by Gasteiger charge is 2.19. The molecule has 1 atom stereocenters. The van der Waals surface area contributed by atoms with Crippen molar-refractivity contribution < 1.29 is 9.53 Å². The van der Waals surface area contributed by atoms with Crippen LogP contribution in [-0.4, -0.2) is 37.7 Å². The molecule has 1 heterocycles. The van der Waals surface area contributed by atoms with E-state index in [-0.39, 0.29) is 0 Å². The van der Waals surface area contributed by atoms with Crippen molar-refractivity contribution in [2.24, 2.45) is 5.92 Å². The summed E-state index contributed by atoms with van der Waals surface area (Å²) in [7, 11) is 1.36. The highest BCUT2D eigenvalue weighted by Crippen LogP contribution is 2.18. The zero-order valence-electron chi connectivity index (χ0n) is 11.6. The average molecular weight is 242 g/mol. The van der Waals surface area contributed by atoms with Crippen molar-refractivity contribution in [3.63, 3.8) is 0 Å². The predicted molar refractivity (Wildman–Crippen MR) is 70.9 cm³/mol. The smallest absolute Gasteiger partial charge is 0.407 e. The highest BCUT2D eigenvalue weighted by atomic mass is 16.5. The van der Waals surface area contributed by atoms with E-state index in [2.05, 4.69) is 42.3 Å². The first-order valence-electron chi connectivity index (χ1n) is 6.29. The Morgan fingerprint density at radius 2 is 2.12 bits per heavy atom. The van der Waals surface area contributed by atoms with Crippen molar-refractivity contribution in [3.05, 3.63) is 12.3 Å². The van der Waals surface area contributed by atoms with Crippen LogP contribution in [0.3, 0.4) is 0 Å². The fourth-order valence-electron chi connectivity index (χ4n) is 1.58. The Hall–Kier alpha value is -1.19. The standard InChI is InChI=1S/C10H18N2O2.C3H8/c1-8-4-5-12(7-8)9(2)6-11-10(13)14-3;1-3-2/h8H,2,4-7H2,1,3H3,(H,11,13);3H2,1-2H3. The largest absolute Gasteiger partial charge is 0.453 e. The van der Waals surface area contributed by atoms with Crippen LogP contribution >= 0.6 is 0 Å². The van der Waals surface area contributed by atoms with E-state index in [4.69, 9.17) is 0 Å². The third-order valence-electron chi connectivity index (χ3n) is 2.49. The Morgan fingerprint density at radius 1 is 1.53 bits per heavy atom. The fraction of sp³-hybridized carbons (Fsp3) is 0.769. The van der Waals surface area contributed by atoms with Crippen LogP contribution in [-0.2, 0) is 4.74 Å². The van der Waals surface area contributed by atoms with Crippen molar-refractivity contribution in [3.8, 4) is 0 Å². The molecular weight excluding hydrogens is 216 g/mol. The van der Waals surface area contributed by atoms with Crippen LogP contribution < -0.4 is 5.32 Å². The van der Waals surface area contributed by atoms with E-state index in [0.29, 0.717) is 6.54 Å². The number of likely N-dealkylation sites (tertiary alicyclic amines) is 1. The number of nitrogens with one attached hydrogen (secondary N) is 1. The van der Waals surface area contributed by atoms with Gasteiger partial charge in [-0.25, -0.2) is 4.79 Å². The first-order valence-corrected chi connectivity index (χ1v) is 6.29. The molecule has 1 aliphatic heterocycles. The van der Waals surface area contributed by atoms with Gasteiger partial charge >= 0.3 is 6.09 Å². The zero-order valence-corrected chi connectivity index (χ0v) is 11.6. The third-order valence-corrected chi connectivity index (χ3v) is 2.49. The molecule has 4 nitrogen and oxygen atoms in total. The molecule has 0 aromatic heterocycles. The van der Waals surface area contributed by atoms with E-state index in [1.165, 1.54) is 20.0 Å². The van der Waals surface area contributed by atoms with Crippen LogP contribution in [0, 0.1) is 5.92 Å². The van der Waals surface area contributed by atoms with E-state index in [1.54, 1.807) is 0 Å². The fourth-order valence-corrected chi connectivity index (χ4v) is 1.58. The molecule has 1 aliphatic rings. The molecular formula is C13H26N2O2. The summed E-state index contributed by atoms with van der Waals surface area (Å²) < 4.78 is 4.47. The second-order valence-electron chi connectivity index (χ2n) is 4.46. The van der Waals surface area contributed by atoms with Gasteiger partial charge in [-0.1, -0.05) is 33.8 Å². The number of ether oxygens (including phenoxy) is 1. The molecule has 1 saturated heterocycles. The predicted octanol–water partition coefficient (Wildman–Crippen LogP) is 2.61. The van der Waals surface area contributed by atoms with Crippen molar-refractivity contribution in [1.29, 1.82) is 0 Å². The van der Waals surface area contributed by atoms with Crippen molar-refractivity contribution >= 4 is 6.09 Å². The van der Waals surface area contributed by atoms with Gasteiger partial charge in [0.2, 0.25) is 0 Å². The van der Waals surface area contributed by atoms with E-state index in [1.807, 2.05) is 0 Å². The number of carbonyl (C=O) groups is 1. The van der Waals surface area contributed by atoms with Gasteiger partial charge in [0.15, 0.2) is 0 Å². The maximum absolute atomic E-state index is 10.8. The molecule has 0 bridgehead atoms. The normalized spacial score (nSPS) is 18.1. The number of amides is 1. The highest BCUT2D eigenvalue weighted by molar-refractivity contribution is 5.67. The van der Waals surface area contributed by atoms with Gasteiger partial charge < -0.3 is 15.0 Å². The lowest BCUT2D eigenvalue weighted by Crippen LogP contribution is -2.31. The molecule has 1 N–H and O–H groups in total. The molecule has 4 heteroatoms. The number of rotatable bonds is 3. The number of methoxy groups -OCH3 is 1. The summed E-state index contributed by atoms with van der Waals surface area (Å²) in [5.41, 5.74) is 0.958. The summed E-state index contributed by atoms with van der Waals surface area (Å²) in [6.07, 6.45) is 2.05. The number of carbonyl (C=O) groups excluding carboxylic acids is 1. The number of nitrogens with zero attached hydrogens (tertiary/aromatic N) is 1. The molecule has 100 valence electrons. The minimum absolute atomic E-state index is 0.404. The molecule has 17 heavy (non-hydrogen) atoms. The lowest BCUT2D eigenvalue weighted by molar-refractivity contribution is 0.171. The van der Waals surface area contributed by atoms with Crippen LogP contribution in [0.15, 0.2) is 12.3 Å². The average Bonchev–Trinajstić information content (AvgIpc) is 2.73. The summed E-state index contributed by atoms with van der Waals surface area (Å²) in [5.74, 6) is 0.727. The quantitative estimate of drug-likeness (QED) is 0.827. The van der Waals surface area contributed by atoms with Gasteiger partial charge in [0.1, 0.15) is 0 Å². The minimum atomic E-state index is -0.404. The van der Waals surface area contributed by atoms with E-state index < -0.39 is 6.09 Å². The number of hydrogen-bond donors (Lipinski definition) is 1. The minimum Gasteiger partial charge on any atom is -0.453 e. The summed E-state index contributed by atoms with van der Waals surface area (Å²) in [6.45, 7) is 13.0. The molecule has 1 fully saturated rings. The lowest BCUT2D eigenvalue weighted by atomic mass is 10.2. The first-order chi connectivity index (χ1) is 8.04. The summed E-state index contributed by atoms with van der Waals surface area (Å²) in [4.78, 5) is 13.0. The van der Waals surface area contributed by atoms with Crippen LogP contribution in [0.2, 0.25) is 0 Å². The first kappa shape index (κ1) is 15.8. The van der Waals surface area contributed by atoms with E-state index in [9.17, 15) is 4.79 Å². The maximum atomic E-state index is 10.8. The van der Waals surface area contributed by atoms with Crippen molar-refractivity contribution in [1.82, 2.24) is 10.2 Å². The SMILES string of the molecule is C=C(CNC(=O)OC)N1CCC(C)C1.CCC. The van der Waals surface area contributed by atoms with Gasteiger partial charge in [0, 0.05) is 18.8 Å². The van der Waals surface area contributed by atoms with Crippen molar-refractivity contribution in [2.45, 2.75) is 33.6 Å². The van der Waals surface area contributed by atoms with Crippen LogP contribution in [0.1, 0.15) is 33.6 Å². The van der Waals surface area contributed by atoms with Crippen molar-refractivity contribution in [2.75, 3.05) is 26.7 Å². The number of hydrogen-bond acceptors (Lipinski definition) is 3. The van der Waals surface area contributed by atoms with Gasteiger partial charge in [-0.05, 0) is 12.3 Å². The van der Waals surface area contributed by atoms with E-state index in [0.717, 1.165) is 24.7 Å². The second kappa shape index (κ2) is 8.90.